The van der Waals surface area contributed by atoms with E-state index in [0.717, 1.165) is 0 Å². The van der Waals surface area contributed by atoms with Crippen molar-refractivity contribution in [3.63, 3.8) is 0 Å². The first-order chi connectivity index (χ1) is 9.63. The Balaban J connectivity index is 2.28. The summed E-state index contributed by atoms with van der Waals surface area (Å²) in [5.74, 6) is -1.24. The second kappa shape index (κ2) is 6.31. The first kappa shape index (κ1) is 14.2. The van der Waals surface area contributed by atoms with E-state index < -0.39 is 5.97 Å². The largest absolute Gasteiger partial charge is 0.478 e. The van der Waals surface area contributed by atoms with Crippen LogP contribution in [0.1, 0.15) is 20.7 Å². The lowest BCUT2D eigenvalue weighted by molar-refractivity contribution is 0.0696. The van der Waals surface area contributed by atoms with E-state index in [9.17, 15) is 9.59 Å². The topological polar surface area (TPSA) is 77.8 Å². The standard InChI is InChI=1S/C14H13NO4S/c16-7-6-15(13(17)11-5-8-20-9-11)12-3-1-10(2-4-12)14(18)19/h1-5,8-9,16H,6-7H2,(H,18,19). The summed E-state index contributed by atoms with van der Waals surface area (Å²) < 4.78 is 0. The number of carboxylic acids is 1. The minimum atomic E-state index is -1.02. The molecule has 0 saturated heterocycles. The number of nitrogens with zero attached hydrogens (tertiary/aromatic N) is 1. The number of thiophene rings is 1. The third-order valence-electron chi connectivity index (χ3n) is 2.76. The molecule has 20 heavy (non-hydrogen) atoms. The van der Waals surface area contributed by atoms with Crippen LogP contribution in [0.3, 0.4) is 0 Å². The van der Waals surface area contributed by atoms with Crippen molar-refractivity contribution in [1.82, 2.24) is 0 Å². The molecular formula is C14H13NO4S. The molecule has 6 heteroatoms. The summed E-state index contributed by atoms with van der Waals surface area (Å²) >= 11 is 1.42. The van der Waals surface area contributed by atoms with E-state index in [1.165, 1.54) is 28.4 Å². The van der Waals surface area contributed by atoms with Gasteiger partial charge in [0.25, 0.3) is 5.91 Å². The van der Waals surface area contributed by atoms with Crippen molar-refractivity contribution in [3.8, 4) is 0 Å². The third kappa shape index (κ3) is 3.04. The maximum Gasteiger partial charge on any atom is 0.335 e. The molecule has 1 heterocycles. The Morgan fingerprint density at radius 3 is 2.30 bits per heavy atom. The van der Waals surface area contributed by atoms with Gasteiger partial charge in [-0.15, -0.1) is 0 Å². The first-order valence-electron chi connectivity index (χ1n) is 5.91. The van der Waals surface area contributed by atoms with Crippen LogP contribution in [-0.2, 0) is 0 Å². The molecule has 104 valence electrons. The number of anilines is 1. The number of carboxylic acid groups (broad SMARTS) is 1. The fourth-order valence-corrected chi connectivity index (χ4v) is 2.40. The van der Waals surface area contributed by atoms with Crippen molar-refractivity contribution in [2.45, 2.75) is 0 Å². The highest BCUT2D eigenvalue weighted by atomic mass is 32.1. The van der Waals surface area contributed by atoms with Gasteiger partial charge in [0.05, 0.1) is 17.7 Å². The molecule has 2 aromatic rings. The number of hydrogen-bond donors (Lipinski definition) is 2. The summed E-state index contributed by atoms with van der Waals surface area (Å²) in [4.78, 5) is 24.6. The van der Waals surface area contributed by atoms with Gasteiger partial charge in [0.2, 0.25) is 0 Å². The average molecular weight is 291 g/mol. The van der Waals surface area contributed by atoms with Crippen LogP contribution in [0.25, 0.3) is 0 Å². The maximum atomic E-state index is 12.3. The Kier molecular flexibility index (Phi) is 4.49. The zero-order valence-corrected chi connectivity index (χ0v) is 11.3. The monoisotopic (exact) mass is 291 g/mol. The lowest BCUT2D eigenvalue weighted by Gasteiger charge is -2.21. The average Bonchev–Trinajstić information content (AvgIpc) is 2.98. The van der Waals surface area contributed by atoms with E-state index >= 15 is 0 Å². The minimum Gasteiger partial charge on any atom is -0.478 e. The van der Waals surface area contributed by atoms with Crippen molar-refractivity contribution in [3.05, 3.63) is 52.2 Å². The summed E-state index contributed by atoms with van der Waals surface area (Å²) in [6.45, 7) is -0.0162. The van der Waals surface area contributed by atoms with Crippen LogP contribution in [0.15, 0.2) is 41.1 Å². The van der Waals surface area contributed by atoms with Crippen LogP contribution >= 0.6 is 11.3 Å². The molecule has 2 rings (SSSR count). The Hall–Kier alpha value is -2.18. The van der Waals surface area contributed by atoms with Gasteiger partial charge in [-0.1, -0.05) is 0 Å². The molecule has 5 nitrogen and oxygen atoms in total. The molecule has 0 aliphatic carbocycles. The third-order valence-corrected chi connectivity index (χ3v) is 3.45. The van der Waals surface area contributed by atoms with Gasteiger partial charge in [-0.3, -0.25) is 4.79 Å². The smallest absolute Gasteiger partial charge is 0.335 e. The van der Waals surface area contributed by atoms with Crippen molar-refractivity contribution in [2.75, 3.05) is 18.1 Å². The van der Waals surface area contributed by atoms with Crippen LogP contribution < -0.4 is 4.90 Å². The number of aliphatic hydroxyl groups is 1. The molecule has 0 atom stereocenters. The summed E-state index contributed by atoms with van der Waals surface area (Å²) in [6, 6.07) is 7.70. The number of benzene rings is 1. The Morgan fingerprint density at radius 1 is 1.10 bits per heavy atom. The Labute approximate surface area is 119 Å². The highest BCUT2D eigenvalue weighted by molar-refractivity contribution is 7.08. The van der Waals surface area contributed by atoms with Gasteiger partial charge in [0.1, 0.15) is 0 Å². The van der Waals surface area contributed by atoms with Gasteiger partial charge in [-0.2, -0.15) is 11.3 Å². The highest BCUT2D eigenvalue weighted by Gasteiger charge is 2.17. The SMILES string of the molecule is O=C(O)c1ccc(N(CCO)C(=O)c2ccsc2)cc1. The molecule has 0 spiro atoms. The predicted molar refractivity (Wildman–Crippen MR) is 76.5 cm³/mol. The highest BCUT2D eigenvalue weighted by Crippen LogP contribution is 2.19. The molecule has 0 fully saturated rings. The van der Waals surface area contributed by atoms with Gasteiger partial charge < -0.3 is 15.1 Å². The zero-order valence-electron chi connectivity index (χ0n) is 10.5. The summed E-state index contributed by atoms with van der Waals surface area (Å²) in [6.07, 6.45) is 0. The van der Waals surface area contributed by atoms with E-state index in [1.807, 2.05) is 0 Å². The number of aromatic carboxylic acids is 1. The molecule has 0 saturated carbocycles. The molecule has 0 aliphatic heterocycles. The molecule has 2 N–H and O–H groups in total. The number of carbonyl (C=O) groups is 2. The maximum absolute atomic E-state index is 12.3. The van der Waals surface area contributed by atoms with E-state index in [1.54, 1.807) is 29.0 Å². The number of amides is 1. The van der Waals surface area contributed by atoms with Crippen LogP contribution in [0.2, 0.25) is 0 Å². The molecule has 0 aliphatic rings. The van der Waals surface area contributed by atoms with Crippen molar-refractivity contribution in [2.24, 2.45) is 0 Å². The van der Waals surface area contributed by atoms with Crippen LogP contribution in [-0.4, -0.2) is 35.2 Å². The van der Waals surface area contributed by atoms with Gasteiger partial charge in [0.15, 0.2) is 0 Å². The van der Waals surface area contributed by atoms with Gasteiger partial charge >= 0.3 is 5.97 Å². The first-order valence-corrected chi connectivity index (χ1v) is 6.86. The molecule has 0 unspecified atom stereocenters. The number of carbonyl (C=O) groups excluding carboxylic acids is 1. The molecule has 0 radical (unpaired) electrons. The Morgan fingerprint density at radius 2 is 1.80 bits per heavy atom. The lowest BCUT2D eigenvalue weighted by Crippen LogP contribution is -2.33. The zero-order chi connectivity index (χ0) is 14.5. The fourth-order valence-electron chi connectivity index (χ4n) is 1.77. The summed E-state index contributed by atoms with van der Waals surface area (Å²) in [7, 11) is 0. The van der Waals surface area contributed by atoms with Crippen LogP contribution in [0, 0.1) is 0 Å². The Bertz CT molecular complexity index is 592. The van der Waals surface area contributed by atoms with E-state index in [4.69, 9.17) is 10.2 Å². The van der Waals surface area contributed by atoms with Crippen LogP contribution in [0.5, 0.6) is 0 Å². The molecule has 0 bridgehead atoms. The fraction of sp³-hybridized carbons (Fsp3) is 0.143. The van der Waals surface area contributed by atoms with E-state index in [2.05, 4.69) is 0 Å². The quantitative estimate of drug-likeness (QED) is 0.884. The minimum absolute atomic E-state index is 0.153. The van der Waals surface area contributed by atoms with E-state index in [0.29, 0.717) is 11.3 Å². The second-order valence-electron chi connectivity index (χ2n) is 4.04. The number of hydrogen-bond acceptors (Lipinski definition) is 4. The predicted octanol–water partition coefficient (Wildman–Crippen LogP) is 2.09. The molecule has 1 aromatic heterocycles. The van der Waals surface area contributed by atoms with Crippen LogP contribution in [0.4, 0.5) is 5.69 Å². The summed E-state index contributed by atoms with van der Waals surface area (Å²) in [5.41, 5.74) is 1.26. The summed E-state index contributed by atoms with van der Waals surface area (Å²) in [5, 5.41) is 21.5. The van der Waals surface area contributed by atoms with Gasteiger partial charge in [0, 0.05) is 17.6 Å². The number of aliphatic hydroxyl groups excluding tert-OH is 1. The normalized spacial score (nSPS) is 10.2. The second-order valence-corrected chi connectivity index (χ2v) is 4.82. The van der Waals surface area contributed by atoms with Crippen molar-refractivity contribution < 1.29 is 19.8 Å². The van der Waals surface area contributed by atoms with Crippen molar-refractivity contribution >= 4 is 28.9 Å². The van der Waals surface area contributed by atoms with Crippen molar-refractivity contribution in [1.29, 1.82) is 0 Å². The molecular weight excluding hydrogens is 278 g/mol. The lowest BCUT2D eigenvalue weighted by atomic mass is 10.2. The molecule has 1 amide bonds. The van der Waals surface area contributed by atoms with Gasteiger partial charge in [-0.25, -0.2) is 4.79 Å². The number of rotatable bonds is 5. The van der Waals surface area contributed by atoms with E-state index in [-0.39, 0.29) is 24.6 Å². The van der Waals surface area contributed by atoms with Gasteiger partial charge in [-0.05, 0) is 35.7 Å². The molecule has 1 aromatic carbocycles.